The number of amides is 1. The average molecular weight is 403 g/mol. The van der Waals surface area contributed by atoms with Gasteiger partial charge in [-0.25, -0.2) is 9.67 Å². The van der Waals surface area contributed by atoms with Gasteiger partial charge in [0.1, 0.15) is 0 Å². The Bertz CT molecular complexity index is 1200. The Balaban J connectivity index is 1.80. The zero-order valence-corrected chi connectivity index (χ0v) is 16.8. The van der Waals surface area contributed by atoms with Gasteiger partial charge in [0, 0.05) is 16.3 Å². The van der Waals surface area contributed by atoms with Gasteiger partial charge in [-0.2, -0.15) is 0 Å². The first-order valence-electron chi connectivity index (χ1n) is 9.19. The van der Waals surface area contributed by atoms with Crippen LogP contribution >= 0.6 is 11.6 Å². The molecule has 0 aliphatic rings. The van der Waals surface area contributed by atoms with E-state index in [1.165, 1.54) is 0 Å². The predicted molar refractivity (Wildman–Crippen MR) is 116 cm³/mol. The Labute approximate surface area is 174 Å². The summed E-state index contributed by atoms with van der Waals surface area (Å²) in [7, 11) is 0. The number of aromatic nitrogens is 3. The number of hydrogen-bond donors (Lipinski definition) is 1. The summed E-state index contributed by atoms with van der Waals surface area (Å²) in [6, 6.07) is 22.8. The molecule has 0 atom stereocenters. The molecule has 3 aromatic carbocycles. The van der Waals surface area contributed by atoms with Crippen molar-refractivity contribution in [2.75, 3.05) is 5.32 Å². The summed E-state index contributed by atoms with van der Waals surface area (Å²) in [5.74, 6) is 0.276. The number of benzene rings is 3. The largest absolute Gasteiger partial charge is 0.319 e. The molecule has 0 aliphatic carbocycles. The van der Waals surface area contributed by atoms with Crippen molar-refractivity contribution in [1.29, 1.82) is 0 Å². The van der Waals surface area contributed by atoms with Crippen LogP contribution in [0.1, 0.15) is 21.7 Å². The van der Waals surface area contributed by atoms with Crippen LogP contribution in [0.5, 0.6) is 0 Å². The molecule has 0 unspecified atom stereocenters. The zero-order valence-electron chi connectivity index (χ0n) is 16.1. The molecule has 0 saturated carbocycles. The topological polar surface area (TPSA) is 59.8 Å². The van der Waals surface area contributed by atoms with Gasteiger partial charge in [-0.05, 0) is 49.2 Å². The quantitative estimate of drug-likeness (QED) is 0.493. The minimum Gasteiger partial charge on any atom is -0.319 e. The van der Waals surface area contributed by atoms with Gasteiger partial charge in [0.05, 0.1) is 5.69 Å². The lowest BCUT2D eigenvalue weighted by molar-refractivity contribution is 0.101. The van der Waals surface area contributed by atoms with Crippen LogP contribution in [0.25, 0.3) is 17.1 Å². The van der Waals surface area contributed by atoms with Crippen LogP contribution in [-0.4, -0.2) is 20.7 Å². The first-order valence-corrected chi connectivity index (χ1v) is 9.57. The van der Waals surface area contributed by atoms with E-state index in [4.69, 9.17) is 11.6 Å². The number of para-hydroxylation sites is 2. The Morgan fingerprint density at radius 3 is 2.38 bits per heavy atom. The minimum atomic E-state index is -0.366. The van der Waals surface area contributed by atoms with Gasteiger partial charge in [0.2, 0.25) is 5.82 Å². The normalized spacial score (nSPS) is 10.7. The number of carbonyl (C=O) groups excluding carboxylic acids is 1. The highest BCUT2D eigenvalue weighted by Gasteiger charge is 2.20. The first-order chi connectivity index (χ1) is 14.0. The zero-order chi connectivity index (χ0) is 20.4. The maximum Gasteiger partial charge on any atom is 0.295 e. The van der Waals surface area contributed by atoms with Crippen molar-refractivity contribution in [3.8, 4) is 17.1 Å². The third kappa shape index (κ3) is 3.91. The van der Waals surface area contributed by atoms with Crippen molar-refractivity contribution in [2.24, 2.45) is 0 Å². The van der Waals surface area contributed by atoms with E-state index in [9.17, 15) is 4.79 Å². The maximum atomic E-state index is 12.9. The van der Waals surface area contributed by atoms with E-state index in [1.54, 1.807) is 10.7 Å². The van der Waals surface area contributed by atoms with Crippen molar-refractivity contribution < 1.29 is 4.79 Å². The number of nitrogens with zero attached hydrogens (tertiary/aromatic N) is 3. The van der Waals surface area contributed by atoms with Gasteiger partial charge >= 0.3 is 0 Å². The number of carbonyl (C=O) groups is 1. The standard InChI is InChI=1S/C23H19ClN4O/c1-15-8-3-5-12-19(15)25-23(29)21-26-22(17-10-7-11-18(24)14-17)28(27-21)20-13-6-4-9-16(20)2/h3-14H,1-2H3,(H,25,29). The molecular formula is C23H19ClN4O. The van der Waals surface area contributed by atoms with Crippen LogP contribution in [0.2, 0.25) is 5.02 Å². The van der Waals surface area contributed by atoms with Crippen LogP contribution in [0.3, 0.4) is 0 Å². The second-order valence-electron chi connectivity index (χ2n) is 6.74. The van der Waals surface area contributed by atoms with Gasteiger partial charge in [-0.1, -0.05) is 60.1 Å². The highest BCUT2D eigenvalue weighted by Crippen LogP contribution is 2.25. The predicted octanol–water partition coefficient (Wildman–Crippen LogP) is 5.46. The van der Waals surface area contributed by atoms with E-state index in [2.05, 4.69) is 15.4 Å². The lowest BCUT2D eigenvalue weighted by Gasteiger charge is -2.09. The highest BCUT2D eigenvalue weighted by molar-refractivity contribution is 6.30. The fraction of sp³-hybridized carbons (Fsp3) is 0.0870. The number of hydrogen-bond acceptors (Lipinski definition) is 3. The van der Waals surface area contributed by atoms with Crippen LogP contribution in [0.4, 0.5) is 5.69 Å². The van der Waals surface area contributed by atoms with Crippen LogP contribution in [0.15, 0.2) is 72.8 Å². The number of halogens is 1. The van der Waals surface area contributed by atoms with Crippen LogP contribution < -0.4 is 5.32 Å². The van der Waals surface area contributed by atoms with Crippen molar-refractivity contribution in [3.63, 3.8) is 0 Å². The molecule has 144 valence electrons. The third-order valence-electron chi connectivity index (χ3n) is 4.63. The lowest BCUT2D eigenvalue weighted by Crippen LogP contribution is -2.15. The molecular weight excluding hydrogens is 384 g/mol. The van der Waals surface area contributed by atoms with Gasteiger partial charge in [0.25, 0.3) is 5.91 Å². The summed E-state index contributed by atoms with van der Waals surface area (Å²) < 4.78 is 1.69. The molecule has 6 heteroatoms. The van der Waals surface area contributed by atoms with E-state index in [-0.39, 0.29) is 11.7 Å². The minimum absolute atomic E-state index is 0.0893. The number of nitrogens with one attached hydrogen (secondary N) is 1. The molecule has 4 rings (SSSR count). The van der Waals surface area contributed by atoms with E-state index >= 15 is 0 Å². The molecule has 1 N–H and O–H groups in total. The maximum absolute atomic E-state index is 12.9. The third-order valence-corrected chi connectivity index (χ3v) is 4.87. The van der Waals surface area contributed by atoms with Gasteiger partial charge in [0.15, 0.2) is 5.82 Å². The lowest BCUT2D eigenvalue weighted by atomic mass is 10.2. The Morgan fingerprint density at radius 1 is 0.931 bits per heavy atom. The second-order valence-corrected chi connectivity index (χ2v) is 7.17. The average Bonchev–Trinajstić information content (AvgIpc) is 3.15. The van der Waals surface area contributed by atoms with E-state index < -0.39 is 0 Å². The van der Waals surface area contributed by atoms with Gasteiger partial charge < -0.3 is 5.32 Å². The molecule has 1 amide bonds. The second kappa shape index (κ2) is 7.89. The van der Waals surface area contributed by atoms with Gasteiger partial charge in [-0.15, -0.1) is 5.10 Å². The van der Waals surface area contributed by atoms with Crippen molar-refractivity contribution in [1.82, 2.24) is 14.8 Å². The fourth-order valence-corrected chi connectivity index (χ4v) is 3.27. The summed E-state index contributed by atoms with van der Waals surface area (Å²) in [6.07, 6.45) is 0. The van der Waals surface area contributed by atoms with Crippen LogP contribution in [0, 0.1) is 13.8 Å². The van der Waals surface area contributed by atoms with Crippen molar-refractivity contribution in [2.45, 2.75) is 13.8 Å². The number of anilines is 1. The molecule has 0 saturated heterocycles. The fourth-order valence-electron chi connectivity index (χ4n) is 3.08. The molecule has 1 aromatic heterocycles. The summed E-state index contributed by atoms with van der Waals surface area (Å²) in [5, 5.41) is 8.01. The molecule has 1 heterocycles. The van der Waals surface area contributed by atoms with Crippen molar-refractivity contribution >= 4 is 23.2 Å². The first kappa shape index (κ1) is 18.9. The summed E-state index contributed by atoms with van der Waals surface area (Å²) in [4.78, 5) is 17.4. The monoisotopic (exact) mass is 402 g/mol. The Hall–Kier alpha value is -3.44. The molecule has 5 nitrogen and oxygen atoms in total. The molecule has 0 fully saturated rings. The van der Waals surface area contributed by atoms with E-state index in [0.29, 0.717) is 10.8 Å². The molecule has 4 aromatic rings. The summed E-state index contributed by atoms with van der Waals surface area (Å²) >= 11 is 6.18. The Kier molecular flexibility index (Phi) is 5.14. The van der Waals surface area contributed by atoms with Crippen molar-refractivity contribution in [3.05, 3.63) is 94.8 Å². The SMILES string of the molecule is Cc1ccccc1NC(=O)c1nc(-c2cccc(Cl)c2)n(-c2ccccc2C)n1. The van der Waals surface area contributed by atoms with Crippen LogP contribution in [-0.2, 0) is 0 Å². The number of rotatable bonds is 4. The molecule has 0 aliphatic heterocycles. The van der Waals surface area contributed by atoms with E-state index in [1.807, 2.05) is 80.6 Å². The summed E-state index contributed by atoms with van der Waals surface area (Å²) in [5.41, 5.74) is 4.35. The molecule has 0 spiro atoms. The molecule has 29 heavy (non-hydrogen) atoms. The van der Waals surface area contributed by atoms with E-state index in [0.717, 1.165) is 28.1 Å². The number of aryl methyl sites for hydroxylation is 2. The smallest absolute Gasteiger partial charge is 0.295 e. The summed E-state index contributed by atoms with van der Waals surface area (Å²) in [6.45, 7) is 3.93. The van der Waals surface area contributed by atoms with Gasteiger partial charge in [-0.3, -0.25) is 4.79 Å². The Morgan fingerprint density at radius 2 is 1.66 bits per heavy atom. The molecule has 0 radical (unpaired) electrons. The molecule has 0 bridgehead atoms. The highest BCUT2D eigenvalue weighted by atomic mass is 35.5.